The van der Waals surface area contributed by atoms with Crippen LogP contribution in [-0.2, 0) is 0 Å². The van der Waals surface area contributed by atoms with E-state index >= 15 is 0 Å². The number of carbonyl (C=O) groups excluding carboxylic acids is 1. The fraction of sp³-hybridized carbons (Fsp3) is 0.143. The van der Waals surface area contributed by atoms with Crippen LogP contribution in [0.25, 0.3) is 0 Å². The Bertz CT molecular complexity index is 942. The zero-order valence-electron chi connectivity index (χ0n) is 15.1. The first-order valence-electron chi connectivity index (χ1n) is 8.57. The van der Waals surface area contributed by atoms with Gasteiger partial charge in [0, 0.05) is 22.6 Å². The summed E-state index contributed by atoms with van der Waals surface area (Å²) in [6.07, 6.45) is 3.19. The molecule has 1 heterocycles. The number of amides is 1. The average molecular weight is 382 g/mol. The number of aromatic nitrogens is 1. The van der Waals surface area contributed by atoms with Gasteiger partial charge < -0.3 is 15.4 Å². The van der Waals surface area contributed by atoms with Gasteiger partial charge in [0.05, 0.1) is 24.1 Å². The lowest BCUT2D eigenvalue weighted by Crippen LogP contribution is -2.12. The van der Waals surface area contributed by atoms with E-state index in [-0.39, 0.29) is 5.91 Å². The van der Waals surface area contributed by atoms with Gasteiger partial charge in [0.2, 0.25) is 0 Å². The maximum Gasteiger partial charge on any atom is 0.257 e. The SMILES string of the molecule is CCOc1ccc(NC(=O)c2cncc(Nc3cc(Cl)ccc3C)c2)cc1. The second kappa shape index (κ2) is 8.56. The van der Waals surface area contributed by atoms with Gasteiger partial charge in [0.1, 0.15) is 5.75 Å². The van der Waals surface area contributed by atoms with Crippen molar-refractivity contribution in [2.75, 3.05) is 17.2 Å². The number of nitrogens with one attached hydrogen (secondary N) is 2. The molecule has 0 unspecified atom stereocenters. The maximum atomic E-state index is 12.5. The van der Waals surface area contributed by atoms with Crippen LogP contribution in [0.3, 0.4) is 0 Å². The van der Waals surface area contributed by atoms with E-state index < -0.39 is 0 Å². The lowest BCUT2D eigenvalue weighted by atomic mass is 10.2. The van der Waals surface area contributed by atoms with Gasteiger partial charge in [0.15, 0.2) is 0 Å². The van der Waals surface area contributed by atoms with Gasteiger partial charge in [-0.1, -0.05) is 17.7 Å². The van der Waals surface area contributed by atoms with Gasteiger partial charge in [-0.2, -0.15) is 0 Å². The van der Waals surface area contributed by atoms with Crippen LogP contribution >= 0.6 is 11.6 Å². The molecule has 5 nitrogen and oxygen atoms in total. The normalized spacial score (nSPS) is 10.3. The average Bonchev–Trinajstić information content (AvgIpc) is 2.67. The monoisotopic (exact) mass is 381 g/mol. The highest BCUT2D eigenvalue weighted by atomic mass is 35.5. The Morgan fingerprint density at radius 1 is 1.07 bits per heavy atom. The van der Waals surface area contributed by atoms with Crippen LogP contribution in [0.15, 0.2) is 60.9 Å². The van der Waals surface area contributed by atoms with Crippen LogP contribution in [0.1, 0.15) is 22.8 Å². The third-order valence-electron chi connectivity index (χ3n) is 3.90. The zero-order chi connectivity index (χ0) is 19.2. The van der Waals surface area contributed by atoms with E-state index in [9.17, 15) is 4.79 Å². The molecule has 0 fully saturated rings. The van der Waals surface area contributed by atoms with Crippen LogP contribution in [0, 0.1) is 6.92 Å². The van der Waals surface area contributed by atoms with Crippen molar-refractivity contribution in [2.45, 2.75) is 13.8 Å². The van der Waals surface area contributed by atoms with Crippen molar-refractivity contribution < 1.29 is 9.53 Å². The van der Waals surface area contributed by atoms with Gasteiger partial charge in [-0.3, -0.25) is 9.78 Å². The molecule has 1 amide bonds. The van der Waals surface area contributed by atoms with Crippen molar-refractivity contribution >= 4 is 34.6 Å². The molecule has 138 valence electrons. The lowest BCUT2D eigenvalue weighted by Gasteiger charge is -2.11. The van der Waals surface area contributed by atoms with Crippen LogP contribution in [-0.4, -0.2) is 17.5 Å². The fourth-order valence-corrected chi connectivity index (χ4v) is 2.69. The number of halogens is 1. The topological polar surface area (TPSA) is 63.2 Å². The molecule has 3 rings (SSSR count). The molecule has 0 aliphatic rings. The molecule has 27 heavy (non-hydrogen) atoms. The number of carbonyl (C=O) groups is 1. The van der Waals surface area contributed by atoms with Gasteiger partial charge in [-0.05, 0) is 61.9 Å². The Kier molecular flexibility index (Phi) is 5.94. The maximum absolute atomic E-state index is 12.5. The molecule has 0 radical (unpaired) electrons. The number of ether oxygens (including phenoxy) is 1. The molecular weight excluding hydrogens is 362 g/mol. The minimum Gasteiger partial charge on any atom is -0.494 e. The molecule has 0 aliphatic heterocycles. The molecule has 3 aromatic rings. The molecular formula is C21H20ClN3O2. The predicted octanol–water partition coefficient (Wildman–Crippen LogP) is 5.44. The number of hydrogen-bond donors (Lipinski definition) is 2. The summed E-state index contributed by atoms with van der Waals surface area (Å²) in [5.41, 5.74) is 3.76. The number of aryl methyl sites for hydroxylation is 1. The van der Waals surface area contributed by atoms with Crippen LogP contribution < -0.4 is 15.4 Å². The first-order valence-corrected chi connectivity index (χ1v) is 8.95. The van der Waals surface area contributed by atoms with Gasteiger partial charge >= 0.3 is 0 Å². The van der Waals surface area contributed by atoms with Crippen molar-refractivity contribution in [3.63, 3.8) is 0 Å². The molecule has 0 spiro atoms. The summed E-state index contributed by atoms with van der Waals surface area (Å²) < 4.78 is 5.40. The summed E-state index contributed by atoms with van der Waals surface area (Å²) >= 11 is 6.06. The van der Waals surface area contributed by atoms with Crippen LogP contribution in [0.5, 0.6) is 5.75 Å². The Hall–Kier alpha value is -3.05. The van der Waals surface area contributed by atoms with E-state index in [1.807, 2.05) is 44.2 Å². The quantitative estimate of drug-likeness (QED) is 0.597. The Balaban J connectivity index is 1.72. The highest BCUT2D eigenvalue weighted by molar-refractivity contribution is 6.30. The van der Waals surface area contributed by atoms with Crippen molar-refractivity contribution in [1.82, 2.24) is 4.98 Å². The Morgan fingerprint density at radius 2 is 1.85 bits per heavy atom. The smallest absolute Gasteiger partial charge is 0.257 e. The fourth-order valence-electron chi connectivity index (χ4n) is 2.52. The molecule has 0 saturated heterocycles. The number of pyridine rings is 1. The minimum absolute atomic E-state index is 0.238. The molecule has 0 aliphatic carbocycles. The summed E-state index contributed by atoms with van der Waals surface area (Å²) in [6, 6.07) is 14.6. The van der Waals surface area contributed by atoms with E-state index in [1.165, 1.54) is 6.20 Å². The first kappa shape index (κ1) is 18.7. The molecule has 2 N–H and O–H groups in total. The molecule has 6 heteroatoms. The van der Waals surface area contributed by atoms with Crippen molar-refractivity contribution in [2.24, 2.45) is 0 Å². The lowest BCUT2D eigenvalue weighted by molar-refractivity contribution is 0.102. The molecule has 0 bridgehead atoms. The summed E-state index contributed by atoms with van der Waals surface area (Å²) in [5.74, 6) is 0.526. The number of anilines is 3. The summed E-state index contributed by atoms with van der Waals surface area (Å²) in [5, 5.41) is 6.75. The van der Waals surface area contributed by atoms with Crippen molar-refractivity contribution in [3.05, 3.63) is 77.1 Å². The summed E-state index contributed by atoms with van der Waals surface area (Å²) in [6.45, 7) is 4.51. The van der Waals surface area contributed by atoms with Crippen LogP contribution in [0.2, 0.25) is 5.02 Å². The number of benzene rings is 2. The molecule has 1 aromatic heterocycles. The second-order valence-electron chi connectivity index (χ2n) is 5.96. The number of nitrogens with zero attached hydrogens (tertiary/aromatic N) is 1. The summed E-state index contributed by atoms with van der Waals surface area (Å²) in [4.78, 5) is 16.7. The van der Waals surface area contributed by atoms with E-state index in [0.29, 0.717) is 28.6 Å². The third-order valence-corrected chi connectivity index (χ3v) is 4.14. The van der Waals surface area contributed by atoms with Gasteiger partial charge in [-0.25, -0.2) is 0 Å². The minimum atomic E-state index is -0.238. The first-order chi connectivity index (χ1) is 13.0. The molecule has 2 aromatic carbocycles. The van der Waals surface area contributed by atoms with Gasteiger partial charge in [0.25, 0.3) is 5.91 Å². The van der Waals surface area contributed by atoms with Crippen molar-refractivity contribution in [1.29, 1.82) is 0 Å². The number of hydrogen-bond acceptors (Lipinski definition) is 4. The number of rotatable bonds is 6. The van der Waals surface area contributed by atoms with E-state index in [2.05, 4.69) is 15.6 Å². The highest BCUT2D eigenvalue weighted by Crippen LogP contribution is 2.24. The van der Waals surface area contributed by atoms with E-state index in [4.69, 9.17) is 16.3 Å². The highest BCUT2D eigenvalue weighted by Gasteiger charge is 2.09. The van der Waals surface area contributed by atoms with Gasteiger partial charge in [-0.15, -0.1) is 0 Å². The summed E-state index contributed by atoms with van der Waals surface area (Å²) in [7, 11) is 0. The van der Waals surface area contributed by atoms with E-state index in [0.717, 1.165) is 17.0 Å². The van der Waals surface area contributed by atoms with E-state index in [1.54, 1.807) is 24.4 Å². The molecule has 0 atom stereocenters. The largest absolute Gasteiger partial charge is 0.494 e. The van der Waals surface area contributed by atoms with Crippen LogP contribution in [0.4, 0.5) is 17.1 Å². The Morgan fingerprint density at radius 3 is 2.59 bits per heavy atom. The second-order valence-corrected chi connectivity index (χ2v) is 6.39. The predicted molar refractivity (Wildman–Crippen MR) is 109 cm³/mol. The van der Waals surface area contributed by atoms with Crippen molar-refractivity contribution in [3.8, 4) is 5.75 Å². The third kappa shape index (κ3) is 4.99. The Labute approximate surface area is 163 Å². The standard InChI is InChI=1S/C21H20ClN3O2/c1-3-27-19-8-6-17(7-9-19)25-21(26)15-10-18(13-23-12-15)24-20-11-16(22)5-4-14(20)2/h4-13,24H,3H2,1-2H3,(H,25,26). The zero-order valence-corrected chi connectivity index (χ0v) is 15.9. The molecule has 0 saturated carbocycles.